The Balaban J connectivity index is 1.82. The van der Waals surface area contributed by atoms with Gasteiger partial charge in [0.15, 0.2) is 0 Å². The van der Waals surface area contributed by atoms with Crippen LogP contribution in [-0.4, -0.2) is 44.3 Å². The summed E-state index contributed by atoms with van der Waals surface area (Å²) in [5.74, 6) is -0.652. The Morgan fingerprint density at radius 3 is 2.09 bits per heavy atom. The van der Waals surface area contributed by atoms with Crippen LogP contribution in [0, 0.1) is 6.92 Å². The fraction of sp³-hybridized carbons (Fsp3) is 0.297. The van der Waals surface area contributed by atoms with Crippen LogP contribution in [0.1, 0.15) is 55.4 Å². The molecule has 1 N–H and O–H groups in total. The molecule has 4 aromatic carbocycles. The number of nitrogens with zero attached hydrogens (tertiary/aromatic N) is 2. The average Bonchev–Trinajstić information content (AvgIpc) is 3.06. The maximum absolute atomic E-state index is 14.6. The zero-order valence-corrected chi connectivity index (χ0v) is 29.4. The number of rotatable bonds is 14. The van der Waals surface area contributed by atoms with E-state index in [1.54, 1.807) is 42.5 Å². The van der Waals surface area contributed by atoms with E-state index < -0.39 is 28.5 Å². The first-order valence-electron chi connectivity index (χ1n) is 15.6. The monoisotopic (exact) mass is 693 g/mol. The lowest BCUT2D eigenvalue weighted by Gasteiger charge is -2.34. The quantitative estimate of drug-likeness (QED) is 0.146. The molecule has 248 valence electrons. The van der Waals surface area contributed by atoms with E-state index in [4.69, 9.17) is 23.2 Å². The molecule has 47 heavy (non-hydrogen) atoms. The highest BCUT2D eigenvalue weighted by molar-refractivity contribution is 7.92. The van der Waals surface area contributed by atoms with Gasteiger partial charge in [-0.05, 0) is 72.4 Å². The molecule has 10 heteroatoms. The number of carbonyl (C=O) groups excluding carboxylic acids is 2. The van der Waals surface area contributed by atoms with Gasteiger partial charge in [0.2, 0.25) is 11.8 Å². The lowest BCUT2D eigenvalue weighted by molar-refractivity contribution is -0.140. The number of amides is 2. The van der Waals surface area contributed by atoms with Crippen molar-refractivity contribution in [3.8, 4) is 0 Å². The van der Waals surface area contributed by atoms with Crippen molar-refractivity contribution in [2.24, 2.45) is 0 Å². The highest BCUT2D eigenvalue weighted by Crippen LogP contribution is 2.28. The van der Waals surface area contributed by atoms with E-state index in [0.717, 1.165) is 21.0 Å². The summed E-state index contributed by atoms with van der Waals surface area (Å²) in [4.78, 5) is 29.9. The third kappa shape index (κ3) is 9.37. The van der Waals surface area contributed by atoms with Gasteiger partial charge in [0.1, 0.15) is 12.6 Å². The molecule has 7 nitrogen and oxygen atoms in total. The van der Waals surface area contributed by atoms with Gasteiger partial charge in [-0.25, -0.2) is 8.42 Å². The number of sulfonamides is 1. The van der Waals surface area contributed by atoms with E-state index in [-0.39, 0.29) is 29.7 Å². The number of nitrogens with one attached hydrogen (secondary N) is 1. The molecule has 0 fully saturated rings. The second-order valence-corrected chi connectivity index (χ2v) is 14.5. The topological polar surface area (TPSA) is 86.8 Å². The van der Waals surface area contributed by atoms with E-state index in [9.17, 15) is 18.0 Å². The Kier molecular flexibility index (Phi) is 12.5. The number of benzene rings is 4. The second-order valence-electron chi connectivity index (χ2n) is 11.8. The van der Waals surface area contributed by atoms with Crippen LogP contribution in [0.4, 0.5) is 5.69 Å². The summed E-state index contributed by atoms with van der Waals surface area (Å²) in [5, 5.41) is 3.61. The number of halogens is 2. The van der Waals surface area contributed by atoms with Gasteiger partial charge in [0.05, 0.1) is 20.6 Å². The summed E-state index contributed by atoms with van der Waals surface area (Å²) < 4.78 is 29.6. The minimum absolute atomic E-state index is 0.00251. The summed E-state index contributed by atoms with van der Waals surface area (Å²) in [6, 6.07) is 27.2. The number of carbonyl (C=O) groups is 2. The van der Waals surface area contributed by atoms with Crippen molar-refractivity contribution in [3.63, 3.8) is 0 Å². The van der Waals surface area contributed by atoms with Crippen LogP contribution in [0.3, 0.4) is 0 Å². The van der Waals surface area contributed by atoms with Gasteiger partial charge in [-0.3, -0.25) is 13.9 Å². The molecule has 4 aromatic rings. The minimum Gasteiger partial charge on any atom is -0.354 e. The molecule has 2 amide bonds. The fourth-order valence-electron chi connectivity index (χ4n) is 5.15. The normalized spacial score (nSPS) is 12.1. The van der Waals surface area contributed by atoms with Crippen molar-refractivity contribution in [1.29, 1.82) is 0 Å². The second kappa shape index (κ2) is 16.3. The van der Waals surface area contributed by atoms with E-state index in [2.05, 4.69) is 19.2 Å². The van der Waals surface area contributed by atoms with Gasteiger partial charge in [-0.2, -0.15) is 0 Å². The van der Waals surface area contributed by atoms with Crippen molar-refractivity contribution in [2.75, 3.05) is 17.4 Å². The molecule has 1 atom stereocenters. The zero-order chi connectivity index (χ0) is 34.1. The van der Waals surface area contributed by atoms with Crippen molar-refractivity contribution in [1.82, 2.24) is 10.2 Å². The number of hydrogen-bond acceptors (Lipinski definition) is 4. The molecule has 0 bridgehead atoms. The molecule has 4 rings (SSSR count). The molecule has 0 radical (unpaired) electrons. The molecule has 0 aliphatic heterocycles. The summed E-state index contributed by atoms with van der Waals surface area (Å²) in [6.07, 6.45) is 0.927. The Morgan fingerprint density at radius 1 is 0.830 bits per heavy atom. The third-order valence-corrected chi connectivity index (χ3v) is 10.4. The van der Waals surface area contributed by atoms with Gasteiger partial charge >= 0.3 is 0 Å². The van der Waals surface area contributed by atoms with Gasteiger partial charge in [0.25, 0.3) is 10.0 Å². The number of hydrogen-bond donors (Lipinski definition) is 1. The van der Waals surface area contributed by atoms with Crippen molar-refractivity contribution < 1.29 is 18.0 Å². The van der Waals surface area contributed by atoms with Crippen LogP contribution in [0.5, 0.6) is 0 Å². The van der Waals surface area contributed by atoms with Crippen LogP contribution in [-0.2, 0) is 32.6 Å². The van der Waals surface area contributed by atoms with Crippen LogP contribution in [0.2, 0.25) is 10.0 Å². The van der Waals surface area contributed by atoms with Crippen molar-refractivity contribution >= 4 is 50.7 Å². The van der Waals surface area contributed by atoms with E-state index in [1.807, 2.05) is 56.3 Å². The largest absolute Gasteiger partial charge is 0.354 e. The molecular weight excluding hydrogens is 653 g/mol. The molecule has 0 aliphatic carbocycles. The van der Waals surface area contributed by atoms with Crippen molar-refractivity contribution in [3.05, 3.63) is 129 Å². The molecule has 0 spiro atoms. The standard InChI is InChI=1S/C37H41Cl2N3O4S/c1-5-21-40-37(44)35(23-28-9-7-6-8-10-28)41(24-29-13-20-33(38)34(39)22-29)36(43)25-42(31-16-14-30(15-17-31)26(2)3)47(45,46)32-18-11-27(4)12-19-32/h6-20,22,26,35H,5,21,23-25H2,1-4H3,(H,40,44)/t35-/m0/s1. The minimum atomic E-state index is -4.19. The van der Waals surface area contributed by atoms with E-state index in [1.165, 1.54) is 17.0 Å². The van der Waals surface area contributed by atoms with Crippen LogP contribution >= 0.6 is 23.2 Å². The van der Waals surface area contributed by atoms with E-state index in [0.29, 0.717) is 34.3 Å². The lowest BCUT2D eigenvalue weighted by atomic mass is 10.0. The molecule has 0 aliphatic rings. The third-order valence-electron chi connectivity index (χ3n) is 7.89. The summed E-state index contributed by atoms with van der Waals surface area (Å²) >= 11 is 12.5. The first-order chi connectivity index (χ1) is 22.4. The van der Waals surface area contributed by atoms with Gasteiger partial charge in [-0.15, -0.1) is 0 Å². The van der Waals surface area contributed by atoms with Gasteiger partial charge < -0.3 is 10.2 Å². The summed E-state index contributed by atoms with van der Waals surface area (Å²) in [5.41, 5.74) is 3.77. The smallest absolute Gasteiger partial charge is 0.264 e. The van der Waals surface area contributed by atoms with Gasteiger partial charge in [-0.1, -0.05) is 110 Å². The molecule has 0 heterocycles. The summed E-state index contributed by atoms with van der Waals surface area (Å²) in [6.45, 7) is 7.81. The SMILES string of the molecule is CCCNC(=O)[C@H](Cc1ccccc1)N(Cc1ccc(Cl)c(Cl)c1)C(=O)CN(c1ccc(C(C)C)cc1)S(=O)(=O)c1ccc(C)cc1. The maximum Gasteiger partial charge on any atom is 0.264 e. The highest BCUT2D eigenvalue weighted by atomic mass is 35.5. The Labute approximate surface area is 288 Å². The zero-order valence-electron chi connectivity index (χ0n) is 27.1. The molecule has 0 aromatic heterocycles. The molecule has 0 saturated heterocycles. The Hall–Kier alpha value is -3.85. The maximum atomic E-state index is 14.6. The lowest BCUT2D eigenvalue weighted by Crippen LogP contribution is -2.53. The number of anilines is 1. The molecule has 0 saturated carbocycles. The first kappa shape index (κ1) is 36.0. The Morgan fingerprint density at radius 2 is 1.49 bits per heavy atom. The van der Waals surface area contributed by atoms with Crippen LogP contribution in [0.15, 0.2) is 102 Å². The molecular formula is C37H41Cl2N3O4S. The first-order valence-corrected chi connectivity index (χ1v) is 17.8. The predicted molar refractivity (Wildman–Crippen MR) is 190 cm³/mol. The molecule has 0 unspecified atom stereocenters. The Bertz CT molecular complexity index is 1760. The fourth-order valence-corrected chi connectivity index (χ4v) is 6.88. The highest BCUT2D eigenvalue weighted by Gasteiger charge is 2.34. The van der Waals surface area contributed by atoms with Gasteiger partial charge in [0, 0.05) is 19.5 Å². The van der Waals surface area contributed by atoms with E-state index >= 15 is 0 Å². The van der Waals surface area contributed by atoms with Crippen LogP contribution in [0.25, 0.3) is 0 Å². The average molecular weight is 695 g/mol. The number of aryl methyl sites for hydroxylation is 1. The van der Waals surface area contributed by atoms with Crippen molar-refractivity contribution in [2.45, 2.75) is 63.9 Å². The van der Waals surface area contributed by atoms with Crippen LogP contribution < -0.4 is 9.62 Å². The summed E-state index contributed by atoms with van der Waals surface area (Å²) in [7, 11) is -4.19. The predicted octanol–water partition coefficient (Wildman–Crippen LogP) is 7.79.